The van der Waals surface area contributed by atoms with Crippen LogP contribution in [0, 0.1) is 5.13 Å². The van der Waals surface area contributed by atoms with E-state index in [1.807, 2.05) is 36.4 Å². The number of piperidine rings is 1. The summed E-state index contributed by atoms with van der Waals surface area (Å²) in [5.41, 5.74) is 6.17. The van der Waals surface area contributed by atoms with Gasteiger partial charge in [0.1, 0.15) is 17.5 Å². The first-order valence-corrected chi connectivity index (χ1v) is 13.1. The normalized spacial score (nSPS) is 14.5. The SMILES string of the molecule is Fc1ccc(-c2cccc3[nH]c(-c4n[nH]c5cnc(-c6cncc(OC7CCNCC7)c6)cc45)cc23)s1. The fourth-order valence-corrected chi connectivity index (χ4v) is 5.74. The van der Waals surface area contributed by atoms with E-state index >= 15 is 0 Å². The van der Waals surface area contributed by atoms with Gasteiger partial charge in [0.25, 0.3) is 0 Å². The maximum Gasteiger partial charge on any atom is 0.176 e. The van der Waals surface area contributed by atoms with E-state index in [1.165, 1.54) is 6.07 Å². The van der Waals surface area contributed by atoms with Crippen molar-refractivity contribution in [3.8, 4) is 38.8 Å². The topological polar surface area (TPSA) is 91.5 Å². The number of benzene rings is 1. The van der Waals surface area contributed by atoms with Crippen molar-refractivity contribution in [2.45, 2.75) is 18.9 Å². The third-order valence-corrected chi connectivity index (χ3v) is 7.71. The summed E-state index contributed by atoms with van der Waals surface area (Å²) in [5.74, 6) is 0.756. The highest BCUT2D eigenvalue weighted by atomic mass is 32.1. The highest BCUT2D eigenvalue weighted by Crippen LogP contribution is 2.37. The van der Waals surface area contributed by atoms with Crippen LogP contribution in [0.2, 0.25) is 0 Å². The van der Waals surface area contributed by atoms with Crippen molar-refractivity contribution in [1.82, 2.24) is 30.5 Å². The van der Waals surface area contributed by atoms with Crippen molar-refractivity contribution >= 4 is 33.1 Å². The Kier molecular flexibility index (Phi) is 5.44. The van der Waals surface area contributed by atoms with E-state index in [0.717, 1.165) is 97.9 Å². The van der Waals surface area contributed by atoms with Crippen LogP contribution < -0.4 is 10.1 Å². The number of fused-ring (bicyclic) bond motifs is 2. The third kappa shape index (κ3) is 4.16. The van der Waals surface area contributed by atoms with Gasteiger partial charge in [0.2, 0.25) is 0 Å². The molecule has 0 radical (unpaired) electrons. The Hall–Kier alpha value is -4.08. The van der Waals surface area contributed by atoms with Gasteiger partial charge in [-0.25, -0.2) is 0 Å². The highest BCUT2D eigenvalue weighted by Gasteiger charge is 2.17. The number of nitrogens with zero attached hydrogens (tertiary/aromatic N) is 3. The largest absolute Gasteiger partial charge is 0.489 e. The minimum Gasteiger partial charge on any atom is -0.489 e. The number of pyridine rings is 2. The van der Waals surface area contributed by atoms with E-state index in [-0.39, 0.29) is 11.2 Å². The molecular formula is C28H23FN6OS. The summed E-state index contributed by atoms with van der Waals surface area (Å²) >= 11 is 1.15. The molecule has 0 aliphatic carbocycles. The maximum atomic E-state index is 13.7. The minimum absolute atomic E-state index is 0.194. The quantitative estimate of drug-likeness (QED) is 0.258. The molecule has 0 amide bonds. The van der Waals surface area contributed by atoms with Gasteiger partial charge >= 0.3 is 0 Å². The van der Waals surface area contributed by atoms with Crippen LogP contribution in [0.1, 0.15) is 12.8 Å². The van der Waals surface area contributed by atoms with E-state index in [4.69, 9.17) is 4.74 Å². The first-order valence-electron chi connectivity index (χ1n) is 12.3. The van der Waals surface area contributed by atoms with Gasteiger partial charge < -0.3 is 15.0 Å². The molecule has 1 aromatic carbocycles. The van der Waals surface area contributed by atoms with E-state index in [0.29, 0.717) is 0 Å². The number of ether oxygens (including phenoxy) is 1. The fourth-order valence-electron chi connectivity index (χ4n) is 4.97. The Morgan fingerprint density at radius 1 is 0.946 bits per heavy atom. The predicted octanol–water partition coefficient (Wildman–Crippen LogP) is 6.17. The second-order valence-electron chi connectivity index (χ2n) is 9.22. The molecule has 9 heteroatoms. The number of aromatic nitrogens is 5. The molecule has 6 heterocycles. The monoisotopic (exact) mass is 510 g/mol. The molecule has 7 rings (SSSR count). The summed E-state index contributed by atoms with van der Waals surface area (Å²) in [4.78, 5) is 13.4. The molecule has 1 saturated heterocycles. The summed E-state index contributed by atoms with van der Waals surface area (Å²) in [5, 5.41) is 12.8. The van der Waals surface area contributed by atoms with Gasteiger partial charge in [-0.15, -0.1) is 11.3 Å². The van der Waals surface area contributed by atoms with Gasteiger partial charge in [-0.2, -0.15) is 9.49 Å². The second kappa shape index (κ2) is 9.10. The van der Waals surface area contributed by atoms with Crippen LogP contribution in [0.15, 0.2) is 67.1 Å². The maximum absolute atomic E-state index is 13.7. The van der Waals surface area contributed by atoms with Gasteiger partial charge in [-0.1, -0.05) is 12.1 Å². The molecule has 7 nitrogen and oxygen atoms in total. The number of rotatable bonds is 5. The number of aromatic amines is 2. The molecule has 1 aliphatic heterocycles. The van der Waals surface area contributed by atoms with Crippen LogP contribution >= 0.6 is 11.3 Å². The van der Waals surface area contributed by atoms with Crippen LogP contribution in [0.3, 0.4) is 0 Å². The van der Waals surface area contributed by atoms with Crippen LogP contribution in [0.4, 0.5) is 4.39 Å². The molecule has 1 fully saturated rings. The Labute approximate surface area is 215 Å². The van der Waals surface area contributed by atoms with Crippen LogP contribution in [-0.4, -0.2) is 44.3 Å². The van der Waals surface area contributed by atoms with Crippen molar-refractivity contribution < 1.29 is 9.13 Å². The van der Waals surface area contributed by atoms with Crippen molar-refractivity contribution in [2.75, 3.05) is 13.1 Å². The first-order chi connectivity index (χ1) is 18.2. The lowest BCUT2D eigenvalue weighted by Gasteiger charge is -2.23. The average molecular weight is 511 g/mol. The van der Waals surface area contributed by atoms with E-state index in [9.17, 15) is 4.39 Å². The Morgan fingerprint density at radius 2 is 1.86 bits per heavy atom. The van der Waals surface area contributed by atoms with Gasteiger partial charge in [-0.3, -0.25) is 15.1 Å². The molecule has 0 spiro atoms. The number of hydrogen-bond acceptors (Lipinski definition) is 6. The lowest BCUT2D eigenvalue weighted by Crippen LogP contribution is -2.34. The third-order valence-electron chi connectivity index (χ3n) is 6.80. The molecule has 0 bridgehead atoms. The molecular weight excluding hydrogens is 487 g/mol. The van der Waals surface area contributed by atoms with Gasteiger partial charge in [-0.05, 0) is 62.3 Å². The zero-order chi connectivity index (χ0) is 24.8. The molecule has 0 unspecified atom stereocenters. The lowest BCUT2D eigenvalue weighted by atomic mass is 10.1. The van der Waals surface area contributed by atoms with E-state index in [1.54, 1.807) is 18.6 Å². The summed E-state index contributed by atoms with van der Waals surface area (Å²) in [7, 11) is 0. The van der Waals surface area contributed by atoms with Crippen LogP contribution in [0.5, 0.6) is 5.75 Å². The zero-order valence-corrected chi connectivity index (χ0v) is 20.6. The van der Waals surface area contributed by atoms with E-state index in [2.05, 4.69) is 36.5 Å². The van der Waals surface area contributed by atoms with E-state index < -0.39 is 0 Å². The Bertz CT molecular complexity index is 1730. The summed E-state index contributed by atoms with van der Waals surface area (Å²) in [6, 6.07) is 15.4. The van der Waals surface area contributed by atoms with Crippen molar-refractivity contribution in [2.24, 2.45) is 0 Å². The van der Waals surface area contributed by atoms with Gasteiger partial charge in [0.15, 0.2) is 5.13 Å². The highest BCUT2D eigenvalue weighted by molar-refractivity contribution is 7.14. The smallest absolute Gasteiger partial charge is 0.176 e. The lowest BCUT2D eigenvalue weighted by molar-refractivity contribution is 0.162. The van der Waals surface area contributed by atoms with Crippen molar-refractivity contribution in [1.29, 1.82) is 0 Å². The van der Waals surface area contributed by atoms with Crippen molar-refractivity contribution in [3.63, 3.8) is 0 Å². The molecule has 5 aromatic heterocycles. The predicted molar refractivity (Wildman–Crippen MR) is 144 cm³/mol. The van der Waals surface area contributed by atoms with Gasteiger partial charge in [0.05, 0.1) is 29.3 Å². The Balaban J connectivity index is 1.26. The number of hydrogen-bond donors (Lipinski definition) is 3. The second-order valence-corrected chi connectivity index (χ2v) is 10.3. The van der Waals surface area contributed by atoms with Gasteiger partial charge in [0, 0.05) is 38.5 Å². The van der Waals surface area contributed by atoms with Crippen molar-refractivity contribution in [3.05, 3.63) is 72.3 Å². The standard InChI is InChI=1S/C28H23FN6OS/c29-27-5-4-26(37-27)19-2-1-3-22-20(19)11-24(33-22)28-21-12-23(32-15-25(21)34-35-28)16-10-18(14-31-13-16)36-17-6-8-30-9-7-17/h1-5,10-15,17,30,33H,6-9H2,(H,34,35). The molecule has 0 atom stereocenters. The number of nitrogens with one attached hydrogen (secondary N) is 3. The summed E-state index contributed by atoms with van der Waals surface area (Å²) < 4.78 is 19.9. The fraction of sp³-hybridized carbons (Fsp3) is 0.179. The zero-order valence-electron chi connectivity index (χ0n) is 19.8. The summed E-state index contributed by atoms with van der Waals surface area (Å²) in [6.45, 7) is 1.94. The molecule has 184 valence electrons. The molecule has 0 saturated carbocycles. The van der Waals surface area contributed by atoms with Crippen LogP contribution in [0.25, 0.3) is 54.9 Å². The average Bonchev–Trinajstić information content (AvgIpc) is 3.66. The first kappa shape index (κ1) is 22.1. The minimum atomic E-state index is -0.194. The molecule has 6 aromatic rings. The molecule has 1 aliphatic rings. The number of halogens is 1. The Morgan fingerprint density at radius 3 is 2.73 bits per heavy atom. The number of H-pyrrole nitrogens is 2. The molecule has 37 heavy (non-hydrogen) atoms. The summed E-state index contributed by atoms with van der Waals surface area (Å²) in [6.07, 6.45) is 7.53. The number of thiophene rings is 1. The molecule has 3 N–H and O–H groups in total. The van der Waals surface area contributed by atoms with Crippen LogP contribution in [-0.2, 0) is 0 Å².